The quantitative estimate of drug-likeness (QED) is 0.0665. The summed E-state index contributed by atoms with van der Waals surface area (Å²) in [5.74, 6) is 4.79. The van der Waals surface area contributed by atoms with Gasteiger partial charge in [-0.15, -0.1) is 0 Å². The maximum absolute atomic E-state index is 6.72. The van der Waals surface area contributed by atoms with Crippen LogP contribution in [0, 0.1) is 0 Å². The van der Waals surface area contributed by atoms with Crippen molar-refractivity contribution in [2.75, 3.05) is 0 Å². The molecule has 0 atom stereocenters. The molecule has 11 rings (SSSR count). The van der Waals surface area contributed by atoms with Crippen LogP contribution >= 0.6 is 0 Å². The van der Waals surface area contributed by atoms with Gasteiger partial charge in [0.1, 0.15) is 86.5 Å². The van der Waals surface area contributed by atoms with Crippen LogP contribution in [0.1, 0.15) is 38.9 Å². The molecule has 0 unspecified atom stereocenters. The van der Waals surface area contributed by atoms with Gasteiger partial charge in [0.25, 0.3) is 0 Å². The average Bonchev–Trinajstić information content (AvgIpc) is 3.44. The maximum Gasteiger partial charge on any atom is 0.127 e. The van der Waals surface area contributed by atoms with Gasteiger partial charge in [0.2, 0.25) is 0 Å². The van der Waals surface area contributed by atoms with E-state index >= 15 is 0 Å². The lowest BCUT2D eigenvalue weighted by atomic mass is 9.94. The molecule has 0 bridgehead atoms. The van der Waals surface area contributed by atoms with Gasteiger partial charge in [-0.25, -0.2) is 0 Å². The van der Waals surface area contributed by atoms with E-state index in [1.807, 2.05) is 127 Å². The Kier molecular flexibility index (Phi) is 13.8. The first kappa shape index (κ1) is 45.5. The van der Waals surface area contributed by atoms with E-state index in [1.165, 1.54) is 26.9 Å². The monoisotopic (exact) mass is 944 g/mol. The van der Waals surface area contributed by atoms with Crippen LogP contribution in [0.15, 0.2) is 231 Å². The fourth-order valence-electron chi connectivity index (χ4n) is 8.93. The van der Waals surface area contributed by atoms with E-state index in [2.05, 4.69) is 103 Å². The second-order valence-corrected chi connectivity index (χ2v) is 17.8. The summed E-state index contributed by atoms with van der Waals surface area (Å²) < 4.78 is 45.4. The molecule has 0 heterocycles. The number of ether oxygens (including phenoxy) is 7. The highest BCUT2D eigenvalue weighted by Crippen LogP contribution is 2.39. The predicted octanol–water partition coefficient (Wildman–Crippen LogP) is 15.6. The minimum atomic E-state index is 0.242. The molecule has 0 saturated heterocycles. The molecule has 0 fully saturated rings. The largest absolute Gasteiger partial charge is 0.489 e. The zero-order valence-electron chi connectivity index (χ0n) is 39.7. The summed E-state index contributed by atoms with van der Waals surface area (Å²) in [5, 5.41) is 7.12. The van der Waals surface area contributed by atoms with Gasteiger partial charge in [-0.3, -0.25) is 0 Å². The van der Waals surface area contributed by atoms with E-state index in [1.54, 1.807) is 0 Å². The molecule has 0 aliphatic carbocycles. The molecule has 0 amide bonds. The lowest BCUT2D eigenvalue weighted by Crippen LogP contribution is -2.04. The zero-order chi connectivity index (χ0) is 48.3. The molecule has 0 radical (unpaired) electrons. The summed E-state index contributed by atoms with van der Waals surface area (Å²) in [4.78, 5) is 0. The molecular weight excluding hydrogens is 893 g/mol. The van der Waals surface area contributed by atoms with E-state index in [0.717, 1.165) is 50.1 Å². The fraction of sp³-hybridized carbons (Fsp3) is 0.108. The second-order valence-electron chi connectivity index (χ2n) is 17.8. The van der Waals surface area contributed by atoms with E-state index < -0.39 is 0 Å². The SMILES string of the molecule is c1ccc(COc2cc(COc3cc(COc4ccc5ccc6cccc7ccc4c5c67)cc(OCc4cc(OCc5ccccc5)cc(OCc5ccccc5)c4)c3)cc(OCc3ccccc3)c2)cc1. The van der Waals surface area contributed by atoms with Crippen LogP contribution in [0.2, 0.25) is 0 Å². The third-order valence-electron chi connectivity index (χ3n) is 12.5. The van der Waals surface area contributed by atoms with Crippen LogP contribution in [-0.2, 0) is 46.2 Å². The molecule has 11 aromatic carbocycles. The van der Waals surface area contributed by atoms with Gasteiger partial charge < -0.3 is 33.2 Å². The molecule has 354 valence electrons. The number of benzene rings is 11. The summed E-state index contributed by atoms with van der Waals surface area (Å²) in [6, 6.07) is 77.7. The van der Waals surface area contributed by atoms with Crippen molar-refractivity contribution in [2.45, 2.75) is 46.2 Å². The molecule has 11 aromatic rings. The van der Waals surface area contributed by atoms with Crippen molar-refractivity contribution in [1.29, 1.82) is 0 Å². The first-order chi connectivity index (χ1) is 35.6. The van der Waals surface area contributed by atoms with Crippen molar-refractivity contribution in [1.82, 2.24) is 0 Å². The van der Waals surface area contributed by atoms with Crippen LogP contribution in [-0.4, -0.2) is 0 Å². The summed E-state index contributed by atoms with van der Waals surface area (Å²) >= 11 is 0. The van der Waals surface area contributed by atoms with Gasteiger partial charge in [-0.05, 0) is 109 Å². The summed E-state index contributed by atoms with van der Waals surface area (Å²) in [7, 11) is 0. The maximum atomic E-state index is 6.72. The lowest BCUT2D eigenvalue weighted by Gasteiger charge is -2.17. The molecule has 0 aliphatic rings. The Bertz CT molecular complexity index is 3230. The highest BCUT2D eigenvalue weighted by atomic mass is 16.5. The normalized spacial score (nSPS) is 11.2. The minimum absolute atomic E-state index is 0.242. The molecule has 7 heteroatoms. The molecular formula is C65H52O7. The Hall–Kier alpha value is -8.94. The molecule has 0 aromatic heterocycles. The van der Waals surface area contributed by atoms with Crippen molar-refractivity contribution in [2.24, 2.45) is 0 Å². The first-order valence-corrected chi connectivity index (χ1v) is 24.2. The topological polar surface area (TPSA) is 64.6 Å². The summed E-state index contributed by atoms with van der Waals surface area (Å²) in [6.07, 6.45) is 0. The molecule has 72 heavy (non-hydrogen) atoms. The van der Waals surface area contributed by atoms with Crippen molar-refractivity contribution in [3.8, 4) is 40.2 Å². The molecule has 0 aliphatic heterocycles. The highest BCUT2D eigenvalue weighted by Gasteiger charge is 2.14. The summed E-state index contributed by atoms with van der Waals surface area (Å²) in [5.41, 5.74) is 6.94. The van der Waals surface area contributed by atoms with Crippen molar-refractivity contribution in [3.05, 3.63) is 269 Å². The second kappa shape index (κ2) is 21.8. The van der Waals surface area contributed by atoms with Crippen molar-refractivity contribution < 1.29 is 33.2 Å². The number of hydrogen-bond donors (Lipinski definition) is 0. The molecule has 0 spiro atoms. The molecule has 0 N–H and O–H groups in total. The zero-order valence-corrected chi connectivity index (χ0v) is 39.7. The van der Waals surface area contributed by atoms with Crippen LogP contribution in [0.25, 0.3) is 32.3 Å². The Morgan fingerprint density at radius 2 is 0.500 bits per heavy atom. The predicted molar refractivity (Wildman–Crippen MR) is 286 cm³/mol. The summed E-state index contributed by atoms with van der Waals surface area (Å²) in [6.45, 7) is 2.43. The van der Waals surface area contributed by atoms with Gasteiger partial charge in [0.05, 0.1) is 0 Å². The minimum Gasteiger partial charge on any atom is -0.489 e. The van der Waals surface area contributed by atoms with E-state index in [4.69, 9.17) is 33.2 Å². The Labute approximate surface area is 419 Å². The van der Waals surface area contributed by atoms with Crippen molar-refractivity contribution >= 4 is 32.3 Å². The standard InChI is InChI=1S/C65H52O7/c1-5-14-46(15-6-1)39-66-56-30-50(31-57(36-56)67-40-47-16-7-2-8-17-47)43-70-60-34-52(45-72-63-29-27-55-25-24-53-22-13-23-54-26-28-62(63)65(55)64(53)54)35-61(38-60)71-44-51-32-58(68-41-48-18-9-3-10-19-48)37-59(33-51)69-42-49-20-11-4-12-21-49/h1-38H,39-45H2. The van der Waals surface area contributed by atoms with Gasteiger partial charge in [-0.2, -0.15) is 0 Å². The lowest BCUT2D eigenvalue weighted by molar-refractivity contribution is 0.273. The van der Waals surface area contributed by atoms with Gasteiger partial charge in [0, 0.05) is 29.0 Å². The van der Waals surface area contributed by atoms with E-state index in [-0.39, 0.29) is 19.8 Å². The average molecular weight is 945 g/mol. The van der Waals surface area contributed by atoms with E-state index in [0.29, 0.717) is 60.9 Å². The van der Waals surface area contributed by atoms with Crippen LogP contribution < -0.4 is 33.2 Å². The van der Waals surface area contributed by atoms with Crippen LogP contribution in [0.4, 0.5) is 0 Å². The van der Waals surface area contributed by atoms with Crippen molar-refractivity contribution in [3.63, 3.8) is 0 Å². The number of hydrogen-bond acceptors (Lipinski definition) is 7. The molecule has 0 saturated carbocycles. The van der Waals surface area contributed by atoms with Gasteiger partial charge in [-0.1, -0.05) is 164 Å². The molecule has 7 nitrogen and oxygen atoms in total. The Morgan fingerprint density at radius 1 is 0.208 bits per heavy atom. The van der Waals surface area contributed by atoms with Gasteiger partial charge in [0.15, 0.2) is 0 Å². The third kappa shape index (κ3) is 11.4. The Morgan fingerprint density at radius 3 is 0.861 bits per heavy atom. The third-order valence-corrected chi connectivity index (χ3v) is 12.5. The fourth-order valence-corrected chi connectivity index (χ4v) is 8.93. The Balaban J connectivity index is 0.875. The highest BCUT2D eigenvalue weighted by molar-refractivity contribution is 6.24. The van der Waals surface area contributed by atoms with E-state index in [9.17, 15) is 0 Å². The first-order valence-electron chi connectivity index (χ1n) is 24.2. The number of rotatable bonds is 21. The van der Waals surface area contributed by atoms with Crippen LogP contribution in [0.3, 0.4) is 0 Å². The van der Waals surface area contributed by atoms with Crippen LogP contribution in [0.5, 0.6) is 40.2 Å². The smallest absolute Gasteiger partial charge is 0.127 e. The van der Waals surface area contributed by atoms with Gasteiger partial charge >= 0.3 is 0 Å².